The number of hydrogen-bond donors (Lipinski definition) is 2. The first-order chi connectivity index (χ1) is 8.31. The number of thiol groups is 2. The quantitative estimate of drug-likeness (QED) is 0.286. The van der Waals surface area contributed by atoms with Crippen LogP contribution >= 0.6 is 75.4 Å². The molecule has 0 heterocycles. The normalized spacial score (nSPS) is 6.85. The van der Waals surface area contributed by atoms with Crippen LogP contribution in [0.15, 0.2) is 0 Å². The van der Waals surface area contributed by atoms with Gasteiger partial charge < -0.3 is 39.1 Å². The largest absolute Gasteiger partial charge is 1.00 e. The van der Waals surface area contributed by atoms with E-state index in [-0.39, 0.29) is 69.3 Å². The molecule has 0 spiro atoms. The summed E-state index contributed by atoms with van der Waals surface area (Å²) in [5.74, 6) is 0. The molecular weight excluding hydrogens is 420 g/mol. The Kier molecular flexibility index (Phi) is 50.3. The van der Waals surface area contributed by atoms with Crippen molar-refractivity contribution in [1.82, 2.24) is 0 Å². The van der Waals surface area contributed by atoms with Crippen LogP contribution in [-0.2, 0) is 26.8 Å². The maximum absolute atomic E-state index is 4.64. The molecule has 116 valence electrons. The Balaban J connectivity index is -0.0000000536. The van der Waals surface area contributed by atoms with Crippen LogP contribution < -0.4 is 51.4 Å². The van der Waals surface area contributed by atoms with Crippen LogP contribution in [0, 0.1) is 0 Å². The van der Waals surface area contributed by atoms with E-state index in [4.69, 9.17) is 0 Å². The van der Waals surface area contributed by atoms with Gasteiger partial charge >= 0.3 is 51.4 Å². The summed E-state index contributed by atoms with van der Waals surface area (Å²) < 4.78 is 14.7. The zero-order chi connectivity index (χ0) is 15.0. The molecule has 0 saturated carbocycles. The third kappa shape index (κ3) is 58.8. The molecule has 0 aliphatic rings. The van der Waals surface area contributed by atoms with Gasteiger partial charge in [0.2, 0.25) is 8.77 Å². The monoisotopic (exact) mass is 438 g/mol. The van der Waals surface area contributed by atoms with E-state index in [1.807, 2.05) is 20.8 Å². The molecule has 0 radical (unpaired) electrons. The van der Waals surface area contributed by atoms with Crippen LogP contribution in [0.3, 0.4) is 0 Å². The molecule has 0 fully saturated rings. The average molecular weight is 439 g/mol. The van der Waals surface area contributed by atoms with Gasteiger partial charge in [0, 0.05) is 4.38 Å². The molecule has 0 aromatic carbocycles. The first-order valence-corrected chi connectivity index (χ1v) is 7.39. The van der Waals surface area contributed by atoms with Gasteiger partial charge in [-0.05, 0) is 45.2 Å². The third-order valence-electron chi connectivity index (χ3n) is 0.798. The van der Waals surface area contributed by atoms with Crippen LogP contribution in [0.4, 0.5) is 0 Å². The smallest absolute Gasteiger partial charge is 0.514 e. The summed E-state index contributed by atoms with van der Waals surface area (Å²) in [6.45, 7) is 7.39. The second-order valence-electron chi connectivity index (χ2n) is 2.08. The summed E-state index contributed by atoms with van der Waals surface area (Å²) in [6.07, 6.45) is 0. The van der Waals surface area contributed by atoms with E-state index in [0.29, 0.717) is 28.6 Å². The molecule has 0 amide bonds. The number of ether oxygens (including phenoxy) is 3. The van der Waals surface area contributed by atoms with E-state index < -0.39 is 0 Å². The molecular formula is C9H19KO3S7. The van der Waals surface area contributed by atoms with Crippen molar-refractivity contribution in [3.8, 4) is 0 Å². The fraction of sp³-hybridized carbons (Fsp3) is 0.667. The van der Waals surface area contributed by atoms with Gasteiger partial charge in [0.25, 0.3) is 0 Å². The van der Waals surface area contributed by atoms with E-state index in [9.17, 15) is 0 Å². The van der Waals surface area contributed by atoms with Crippen molar-refractivity contribution in [2.45, 2.75) is 20.8 Å². The molecule has 0 aliphatic heterocycles. The van der Waals surface area contributed by atoms with Crippen LogP contribution in [0.2, 0.25) is 0 Å². The predicted octanol–water partition coefficient (Wildman–Crippen LogP) is 0.447. The number of rotatable bonds is 3. The minimum atomic E-state index is 0. The Morgan fingerprint density at radius 3 is 1.10 bits per heavy atom. The summed E-state index contributed by atoms with van der Waals surface area (Å²) in [7, 11) is 0. The van der Waals surface area contributed by atoms with Gasteiger partial charge in [-0.25, -0.2) is 0 Å². The van der Waals surface area contributed by atoms with E-state index in [1.165, 1.54) is 0 Å². The van der Waals surface area contributed by atoms with Crippen LogP contribution in [0.25, 0.3) is 0 Å². The fourth-order valence-corrected chi connectivity index (χ4v) is 1.09. The van der Waals surface area contributed by atoms with Crippen LogP contribution in [0.5, 0.6) is 0 Å². The van der Waals surface area contributed by atoms with E-state index >= 15 is 0 Å². The number of thiocarbonyl (C=S) groups is 3. The van der Waals surface area contributed by atoms with Gasteiger partial charge in [0.1, 0.15) is 0 Å². The van der Waals surface area contributed by atoms with Gasteiger partial charge in [-0.15, -0.1) is 0 Å². The Morgan fingerprint density at radius 2 is 1.10 bits per heavy atom. The summed E-state index contributed by atoms with van der Waals surface area (Å²) in [4.78, 5) is 0. The first kappa shape index (κ1) is 34.0. The molecule has 0 aromatic heterocycles. The molecule has 0 bridgehead atoms. The summed E-state index contributed by atoms with van der Waals surface area (Å²) in [5.41, 5.74) is 0. The Labute approximate surface area is 204 Å². The third-order valence-corrected chi connectivity index (χ3v) is 1.53. The van der Waals surface area contributed by atoms with Gasteiger partial charge in [-0.3, -0.25) is 0 Å². The van der Waals surface area contributed by atoms with E-state index in [1.54, 1.807) is 0 Å². The van der Waals surface area contributed by atoms with Gasteiger partial charge in [0.05, 0.1) is 19.8 Å². The van der Waals surface area contributed by atoms with Gasteiger partial charge in [0.15, 0.2) is 0 Å². The van der Waals surface area contributed by atoms with Crippen molar-refractivity contribution >= 4 is 101 Å². The minimum Gasteiger partial charge on any atom is -0.514 e. The molecule has 0 aliphatic carbocycles. The van der Waals surface area contributed by atoms with Crippen molar-refractivity contribution in [3.63, 3.8) is 0 Å². The SMILES string of the molecule is CCOC(=S)S.CCOC(=S)S.CCOC(=S)[S-].S.[K+]. The number of hydrogen-bond acceptors (Lipinski definition) is 7. The molecule has 20 heavy (non-hydrogen) atoms. The zero-order valence-electron chi connectivity index (χ0n) is 11.9. The Morgan fingerprint density at radius 1 is 0.850 bits per heavy atom. The van der Waals surface area contributed by atoms with Crippen molar-refractivity contribution in [2.75, 3.05) is 19.8 Å². The molecule has 0 unspecified atom stereocenters. The standard InChI is InChI=1S/3C3H6OS2.K.H2S/c3*1-2-4-3(5)6;;/h3*2H2,1H3,(H,5,6);;1H2/q;;;+1;/p-1. The van der Waals surface area contributed by atoms with Crippen molar-refractivity contribution in [2.24, 2.45) is 0 Å². The molecule has 0 atom stereocenters. The fourth-order valence-electron chi connectivity index (χ4n) is 0.365. The molecule has 11 heteroatoms. The average Bonchev–Trinajstić information content (AvgIpc) is 2.18. The summed E-state index contributed by atoms with van der Waals surface area (Å²) in [5, 5.41) is 0. The minimum absolute atomic E-state index is 0. The molecule has 0 saturated heterocycles. The second-order valence-corrected chi connectivity index (χ2v) is 5.24. The first-order valence-electron chi connectivity index (χ1n) is 4.86. The topological polar surface area (TPSA) is 27.7 Å². The van der Waals surface area contributed by atoms with Gasteiger partial charge in [-0.1, -0.05) is 25.3 Å². The maximum Gasteiger partial charge on any atom is 1.00 e. The predicted molar refractivity (Wildman–Crippen MR) is 108 cm³/mol. The second kappa shape index (κ2) is 29.6. The van der Waals surface area contributed by atoms with E-state index in [2.05, 4.69) is 88.8 Å². The van der Waals surface area contributed by atoms with Crippen molar-refractivity contribution in [3.05, 3.63) is 0 Å². The maximum atomic E-state index is 4.64. The van der Waals surface area contributed by atoms with E-state index in [0.717, 1.165) is 0 Å². The van der Waals surface area contributed by atoms with Crippen LogP contribution in [-0.4, -0.2) is 33.0 Å². The van der Waals surface area contributed by atoms with Gasteiger partial charge in [-0.2, -0.15) is 13.5 Å². The molecule has 0 rings (SSSR count). The molecule has 0 aromatic rings. The molecule has 0 N–H and O–H groups in total. The Bertz CT molecular complexity index is 204. The summed E-state index contributed by atoms with van der Waals surface area (Å²) in [6, 6.07) is 0. The van der Waals surface area contributed by atoms with Crippen LogP contribution in [0.1, 0.15) is 20.8 Å². The zero-order valence-corrected chi connectivity index (χ0v) is 21.1. The summed E-state index contributed by atoms with van der Waals surface area (Å²) >= 11 is 25.0. The van der Waals surface area contributed by atoms with Crippen molar-refractivity contribution in [1.29, 1.82) is 0 Å². The Hall–Kier alpha value is 2.58. The van der Waals surface area contributed by atoms with Crippen molar-refractivity contribution < 1.29 is 65.6 Å². The molecule has 3 nitrogen and oxygen atoms in total.